The third kappa shape index (κ3) is 1.99. The van der Waals surface area contributed by atoms with Gasteiger partial charge < -0.3 is 15.2 Å². The molecule has 1 aliphatic heterocycles. The van der Waals surface area contributed by atoms with E-state index in [1.165, 1.54) is 0 Å². The molecular formula is C11H13N5O3. The van der Waals surface area contributed by atoms with Crippen LogP contribution in [0.2, 0.25) is 0 Å². The number of aromatic nitrogens is 4. The largest absolute Gasteiger partial charge is 0.480 e. The average Bonchev–Trinajstić information content (AvgIpc) is 2.89. The zero-order chi connectivity index (χ0) is 13.3. The molecule has 8 nitrogen and oxygen atoms in total. The normalized spacial score (nSPS) is 18.3. The second kappa shape index (κ2) is 4.47. The Kier molecular flexibility index (Phi) is 2.79. The van der Waals surface area contributed by atoms with Crippen LogP contribution in [0.5, 0.6) is 0 Å². The van der Waals surface area contributed by atoms with Gasteiger partial charge in [-0.3, -0.25) is 4.40 Å². The monoisotopic (exact) mass is 263 g/mol. The van der Waals surface area contributed by atoms with Crippen molar-refractivity contribution in [3.63, 3.8) is 0 Å². The lowest BCUT2D eigenvalue weighted by Gasteiger charge is -2.34. The van der Waals surface area contributed by atoms with E-state index in [1.54, 1.807) is 23.1 Å². The number of fused-ring (bicyclic) bond motifs is 1. The number of aliphatic carboxylic acids is 1. The first-order valence-electron chi connectivity index (χ1n) is 5.95. The maximum absolute atomic E-state index is 11.6. The second-order valence-electron chi connectivity index (χ2n) is 4.46. The third-order valence-electron chi connectivity index (χ3n) is 3.33. The quantitative estimate of drug-likeness (QED) is 0.813. The predicted molar refractivity (Wildman–Crippen MR) is 64.8 cm³/mol. The van der Waals surface area contributed by atoms with Crippen LogP contribution in [-0.2, 0) is 9.53 Å². The minimum Gasteiger partial charge on any atom is -0.480 e. The van der Waals surface area contributed by atoms with Gasteiger partial charge in [0.15, 0.2) is 5.82 Å². The first-order valence-corrected chi connectivity index (χ1v) is 5.95. The van der Waals surface area contributed by atoms with Crippen LogP contribution < -0.4 is 5.32 Å². The number of ether oxygens (including phenoxy) is 1. The summed E-state index contributed by atoms with van der Waals surface area (Å²) in [6.07, 6.45) is 5.60. The summed E-state index contributed by atoms with van der Waals surface area (Å²) in [5, 5.41) is 20.2. The van der Waals surface area contributed by atoms with Crippen LogP contribution in [0.3, 0.4) is 0 Å². The van der Waals surface area contributed by atoms with Crippen molar-refractivity contribution in [2.45, 2.75) is 18.4 Å². The Bertz CT molecular complexity index is 605. The van der Waals surface area contributed by atoms with Gasteiger partial charge >= 0.3 is 5.97 Å². The zero-order valence-electron chi connectivity index (χ0n) is 10.1. The summed E-state index contributed by atoms with van der Waals surface area (Å²) >= 11 is 0. The molecule has 0 spiro atoms. The highest BCUT2D eigenvalue weighted by Crippen LogP contribution is 2.26. The molecule has 0 radical (unpaired) electrons. The molecule has 0 bridgehead atoms. The van der Waals surface area contributed by atoms with E-state index in [0.717, 1.165) is 0 Å². The molecule has 0 aliphatic carbocycles. The lowest BCUT2D eigenvalue weighted by atomic mass is 9.90. The summed E-state index contributed by atoms with van der Waals surface area (Å²) in [7, 11) is 0. The number of nitrogens with one attached hydrogen (secondary N) is 1. The standard InChI is InChI=1S/C11H13N5O3/c17-10(18)11(1-5-19-6-2-11)14-8-9-15-13-7-16(9)4-3-12-8/h3-4,7H,1-2,5-6H2,(H,12,14)(H,17,18). The van der Waals surface area contributed by atoms with E-state index >= 15 is 0 Å². The lowest BCUT2D eigenvalue weighted by Crippen LogP contribution is -2.50. The number of carboxylic acids is 1. The van der Waals surface area contributed by atoms with Gasteiger partial charge in [-0.2, -0.15) is 0 Å². The van der Waals surface area contributed by atoms with Crippen LogP contribution in [0.1, 0.15) is 12.8 Å². The van der Waals surface area contributed by atoms with Crippen molar-refractivity contribution in [2.75, 3.05) is 18.5 Å². The highest BCUT2D eigenvalue weighted by Gasteiger charge is 2.41. The molecule has 1 fully saturated rings. The molecular weight excluding hydrogens is 250 g/mol. The van der Waals surface area contributed by atoms with E-state index in [1.807, 2.05) is 0 Å². The van der Waals surface area contributed by atoms with E-state index < -0.39 is 11.5 Å². The topological polar surface area (TPSA) is 102 Å². The van der Waals surface area contributed by atoms with Gasteiger partial charge in [0, 0.05) is 38.4 Å². The fourth-order valence-electron chi connectivity index (χ4n) is 2.19. The molecule has 3 rings (SSSR count). The number of anilines is 1. The van der Waals surface area contributed by atoms with Gasteiger partial charge in [-0.25, -0.2) is 9.78 Å². The van der Waals surface area contributed by atoms with Gasteiger partial charge in [0.25, 0.3) is 0 Å². The highest BCUT2D eigenvalue weighted by atomic mass is 16.5. The summed E-state index contributed by atoms with van der Waals surface area (Å²) in [6, 6.07) is 0. The minimum absolute atomic E-state index is 0.388. The van der Waals surface area contributed by atoms with Gasteiger partial charge in [-0.15, -0.1) is 10.2 Å². The fraction of sp³-hybridized carbons (Fsp3) is 0.455. The Morgan fingerprint density at radius 2 is 2.26 bits per heavy atom. The average molecular weight is 263 g/mol. The first-order chi connectivity index (χ1) is 9.21. The van der Waals surface area contributed by atoms with Crippen LogP contribution in [0.4, 0.5) is 5.82 Å². The molecule has 1 aliphatic rings. The van der Waals surface area contributed by atoms with Crippen molar-refractivity contribution in [2.24, 2.45) is 0 Å². The van der Waals surface area contributed by atoms with Crippen LogP contribution in [0.25, 0.3) is 5.65 Å². The number of carbonyl (C=O) groups is 1. The van der Waals surface area contributed by atoms with Crippen molar-refractivity contribution >= 4 is 17.4 Å². The van der Waals surface area contributed by atoms with Gasteiger partial charge in [-0.05, 0) is 0 Å². The van der Waals surface area contributed by atoms with Crippen LogP contribution in [-0.4, -0.2) is 49.4 Å². The maximum Gasteiger partial charge on any atom is 0.329 e. The minimum atomic E-state index is -1.06. The first kappa shape index (κ1) is 11.8. The fourth-order valence-corrected chi connectivity index (χ4v) is 2.19. The molecule has 0 atom stereocenters. The molecule has 2 aromatic heterocycles. The Morgan fingerprint density at radius 3 is 3.00 bits per heavy atom. The molecule has 100 valence electrons. The number of hydrogen-bond acceptors (Lipinski definition) is 6. The SMILES string of the molecule is O=C(O)C1(Nc2nccn3cnnc23)CCOCC1. The molecule has 2 aromatic rings. The van der Waals surface area contributed by atoms with Gasteiger partial charge in [-0.1, -0.05) is 0 Å². The van der Waals surface area contributed by atoms with Crippen LogP contribution in [0.15, 0.2) is 18.7 Å². The zero-order valence-corrected chi connectivity index (χ0v) is 10.1. The summed E-state index contributed by atoms with van der Waals surface area (Å²) < 4.78 is 6.91. The molecule has 0 unspecified atom stereocenters. The van der Waals surface area contributed by atoms with Crippen molar-refractivity contribution < 1.29 is 14.6 Å². The Morgan fingerprint density at radius 1 is 1.47 bits per heavy atom. The van der Waals surface area contributed by atoms with E-state index in [2.05, 4.69) is 20.5 Å². The summed E-state index contributed by atoms with van der Waals surface area (Å²) in [4.78, 5) is 15.7. The van der Waals surface area contributed by atoms with Gasteiger partial charge in [0.1, 0.15) is 11.9 Å². The van der Waals surface area contributed by atoms with Crippen molar-refractivity contribution in [1.82, 2.24) is 19.6 Å². The van der Waals surface area contributed by atoms with Gasteiger partial charge in [0.2, 0.25) is 5.65 Å². The third-order valence-corrected chi connectivity index (χ3v) is 3.33. The van der Waals surface area contributed by atoms with E-state index in [9.17, 15) is 9.90 Å². The molecule has 0 saturated carbocycles. The number of nitrogens with zero attached hydrogens (tertiary/aromatic N) is 4. The van der Waals surface area contributed by atoms with Crippen molar-refractivity contribution in [1.29, 1.82) is 0 Å². The molecule has 3 heterocycles. The number of rotatable bonds is 3. The molecule has 2 N–H and O–H groups in total. The summed E-state index contributed by atoms with van der Waals surface area (Å²) in [5.74, 6) is -0.483. The van der Waals surface area contributed by atoms with Crippen LogP contribution >= 0.6 is 0 Å². The molecule has 0 amide bonds. The van der Waals surface area contributed by atoms with Crippen molar-refractivity contribution in [3.8, 4) is 0 Å². The van der Waals surface area contributed by atoms with Crippen molar-refractivity contribution in [3.05, 3.63) is 18.7 Å². The Labute approximate surface area is 108 Å². The summed E-state index contributed by atoms with van der Waals surface area (Å²) in [6.45, 7) is 0.824. The lowest BCUT2D eigenvalue weighted by molar-refractivity contribution is -0.145. The van der Waals surface area contributed by atoms with E-state index in [-0.39, 0.29) is 0 Å². The molecule has 1 saturated heterocycles. The number of carboxylic acid groups (broad SMARTS) is 1. The Hall–Kier alpha value is -2.22. The smallest absolute Gasteiger partial charge is 0.329 e. The number of hydrogen-bond donors (Lipinski definition) is 2. The van der Waals surface area contributed by atoms with Crippen LogP contribution in [0, 0.1) is 0 Å². The predicted octanol–water partition coefficient (Wildman–Crippen LogP) is 0.170. The Balaban J connectivity index is 1.98. The van der Waals surface area contributed by atoms with Gasteiger partial charge in [0.05, 0.1) is 0 Å². The highest BCUT2D eigenvalue weighted by molar-refractivity contribution is 5.84. The molecule has 8 heteroatoms. The van der Waals surface area contributed by atoms with E-state index in [0.29, 0.717) is 37.5 Å². The molecule has 0 aromatic carbocycles. The maximum atomic E-state index is 11.6. The second-order valence-corrected chi connectivity index (χ2v) is 4.46. The molecule has 19 heavy (non-hydrogen) atoms. The summed E-state index contributed by atoms with van der Waals surface area (Å²) in [5.41, 5.74) is -0.548. The van der Waals surface area contributed by atoms with E-state index in [4.69, 9.17) is 4.74 Å².